The minimum atomic E-state index is -3.16. The molecule has 19 heavy (non-hydrogen) atoms. The lowest BCUT2D eigenvalue weighted by Gasteiger charge is -2.00. The molecule has 112 valence electrons. The van der Waals surface area contributed by atoms with Crippen LogP contribution in [-0.4, -0.2) is 4.89 Å². The SMILES string of the molecule is CCCCCCC=CP(=O)(O)C=CCCCCCC. The molecule has 2 nitrogen and oxygen atoms in total. The van der Waals surface area contributed by atoms with Crippen molar-refractivity contribution in [3.05, 3.63) is 23.8 Å². The van der Waals surface area contributed by atoms with E-state index in [9.17, 15) is 9.46 Å². The van der Waals surface area contributed by atoms with Crippen molar-refractivity contribution in [3.8, 4) is 0 Å². The van der Waals surface area contributed by atoms with Crippen LogP contribution in [0.1, 0.15) is 78.1 Å². The Kier molecular flexibility index (Phi) is 12.5. The molecule has 0 atom stereocenters. The Morgan fingerprint density at radius 3 is 1.58 bits per heavy atom. The zero-order chi connectivity index (χ0) is 14.4. The predicted octanol–water partition coefficient (Wildman–Crippen LogP) is 6.23. The highest BCUT2D eigenvalue weighted by molar-refractivity contribution is 7.64. The highest BCUT2D eigenvalue weighted by Crippen LogP contribution is 2.44. The van der Waals surface area contributed by atoms with Gasteiger partial charge in [-0.15, -0.1) is 0 Å². The minimum Gasteiger partial charge on any atom is -0.339 e. The molecule has 0 spiro atoms. The Morgan fingerprint density at radius 1 is 0.789 bits per heavy atom. The van der Waals surface area contributed by atoms with Gasteiger partial charge in [0, 0.05) is 11.6 Å². The summed E-state index contributed by atoms with van der Waals surface area (Å²) in [6.07, 6.45) is 15.2. The summed E-state index contributed by atoms with van der Waals surface area (Å²) < 4.78 is 11.8. The molecule has 0 rings (SSSR count). The van der Waals surface area contributed by atoms with Gasteiger partial charge in [-0.05, 0) is 25.7 Å². The number of allylic oxidation sites excluding steroid dienone is 2. The van der Waals surface area contributed by atoms with Gasteiger partial charge in [0.2, 0.25) is 7.37 Å². The zero-order valence-electron chi connectivity index (χ0n) is 12.7. The molecule has 0 aromatic rings. The molecule has 0 aliphatic carbocycles. The van der Waals surface area contributed by atoms with Gasteiger partial charge in [0.1, 0.15) is 0 Å². The summed E-state index contributed by atoms with van der Waals surface area (Å²) in [5, 5.41) is 0. The van der Waals surface area contributed by atoms with E-state index in [4.69, 9.17) is 0 Å². The third-order valence-corrected chi connectivity index (χ3v) is 4.36. The van der Waals surface area contributed by atoms with E-state index in [-0.39, 0.29) is 0 Å². The normalized spacial score (nSPS) is 15.3. The van der Waals surface area contributed by atoms with Gasteiger partial charge < -0.3 is 4.89 Å². The second-order valence-corrected chi connectivity index (χ2v) is 7.08. The Bertz CT molecular complexity index is 269. The van der Waals surface area contributed by atoms with Crippen LogP contribution < -0.4 is 0 Å². The molecule has 1 N–H and O–H groups in total. The fourth-order valence-corrected chi connectivity index (χ4v) is 2.88. The van der Waals surface area contributed by atoms with Crippen LogP contribution in [0, 0.1) is 0 Å². The summed E-state index contributed by atoms with van der Waals surface area (Å²) in [7, 11) is -3.16. The smallest absolute Gasteiger partial charge is 0.244 e. The topological polar surface area (TPSA) is 37.3 Å². The lowest BCUT2D eigenvalue weighted by molar-refractivity contribution is 0.499. The molecule has 0 saturated carbocycles. The summed E-state index contributed by atoms with van der Waals surface area (Å²) in [6.45, 7) is 4.37. The predicted molar refractivity (Wildman–Crippen MR) is 85.6 cm³/mol. The molecule has 0 bridgehead atoms. The highest BCUT2D eigenvalue weighted by atomic mass is 31.2. The molecule has 0 unspecified atom stereocenters. The Hall–Kier alpha value is -0.330. The maximum Gasteiger partial charge on any atom is 0.244 e. The van der Waals surface area contributed by atoms with Crippen molar-refractivity contribution >= 4 is 7.37 Å². The molecule has 0 heterocycles. The van der Waals surface area contributed by atoms with Gasteiger partial charge in [-0.25, -0.2) is 0 Å². The van der Waals surface area contributed by atoms with Crippen molar-refractivity contribution in [2.75, 3.05) is 0 Å². The highest BCUT2D eigenvalue weighted by Gasteiger charge is 2.06. The quantitative estimate of drug-likeness (QED) is 0.341. The van der Waals surface area contributed by atoms with Crippen LogP contribution >= 0.6 is 7.37 Å². The van der Waals surface area contributed by atoms with Crippen LogP contribution in [-0.2, 0) is 4.57 Å². The molecule has 0 radical (unpaired) electrons. The molecule has 0 aromatic carbocycles. The average molecular weight is 286 g/mol. The fourth-order valence-electron chi connectivity index (χ4n) is 1.88. The van der Waals surface area contributed by atoms with Gasteiger partial charge in [-0.3, -0.25) is 4.57 Å². The van der Waals surface area contributed by atoms with Crippen molar-refractivity contribution < 1.29 is 9.46 Å². The van der Waals surface area contributed by atoms with Crippen molar-refractivity contribution in [1.29, 1.82) is 0 Å². The molecule has 0 amide bonds. The first-order chi connectivity index (χ1) is 9.12. The summed E-state index contributed by atoms with van der Waals surface area (Å²) in [5.74, 6) is 2.98. The van der Waals surface area contributed by atoms with Crippen LogP contribution in [0.25, 0.3) is 0 Å². The molecule has 0 fully saturated rings. The first-order valence-corrected chi connectivity index (χ1v) is 9.59. The molecule has 0 aliphatic rings. The van der Waals surface area contributed by atoms with E-state index in [1.165, 1.54) is 50.2 Å². The van der Waals surface area contributed by atoms with Crippen molar-refractivity contribution in [2.24, 2.45) is 0 Å². The first kappa shape index (κ1) is 18.7. The lowest BCUT2D eigenvalue weighted by atomic mass is 10.2. The average Bonchev–Trinajstić information content (AvgIpc) is 2.38. The number of rotatable bonds is 12. The largest absolute Gasteiger partial charge is 0.339 e. The van der Waals surface area contributed by atoms with Gasteiger partial charge in [0.25, 0.3) is 0 Å². The van der Waals surface area contributed by atoms with Crippen LogP contribution in [0.2, 0.25) is 0 Å². The minimum absolute atomic E-state index is 0.912. The van der Waals surface area contributed by atoms with Crippen LogP contribution in [0.4, 0.5) is 0 Å². The Morgan fingerprint density at radius 2 is 1.21 bits per heavy atom. The molecule has 0 aromatic heterocycles. The monoisotopic (exact) mass is 286 g/mol. The number of hydrogen-bond donors (Lipinski definition) is 1. The van der Waals surface area contributed by atoms with Crippen LogP contribution in [0.5, 0.6) is 0 Å². The summed E-state index contributed by atoms with van der Waals surface area (Å²) >= 11 is 0. The van der Waals surface area contributed by atoms with E-state index in [2.05, 4.69) is 13.8 Å². The maximum atomic E-state index is 11.8. The summed E-state index contributed by atoms with van der Waals surface area (Å²) in [6, 6.07) is 0. The van der Waals surface area contributed by atoms with E-state index in [1.54, 1.807) is 0 Å². The van der Waals surface area contributed by atoms with Gasteiger partial charge in [0.15, 0.2) is 0 Å². The van der Waals surface area contributed by atoms with E-state index >= 15 is 0 Å². The van der Waals surface area contributed by atoms with Gasteiger partial charge in [-0.1, -0.05) is 64.5 Å². The van der Waals surface area contributed by atoms with Gasteiger partial charge in [0.05, 0.1) is 0 Å². The van der Waals surface area contributed by atoms with Crippen LogP contribution in [0.3, 0.4) is 0 Å². The van der Waals surface area contributed by atoms with Gasteiger partial charge in [-0.2, -0.15) is 0 Å². The Balaban J connectivity index is 3.74. The summed E-state index contributed by atoms with van der Waals surface area (Å²) in [4.78, 5) is 9.70. The first-order valence-electron chi connectivity index (χ1n) is 7.80. The second-order valence-electron chi connectivity index (χ2n) is 5.14. The molecule has 3 heteroatoms. The van der Waals surface area contributed by atoms with Crippen molar-refractivity contribution in [3.63, 3.8) is 0 Å². The fraction of sp³-hybridized carbons (Fsp3) is 0.750. The zero-order valence-corrected chi connectivity index (χ0v) is 13.6. The lowest BCUT2D eigenvalue weighted by Crippen LogP contribution is -1.76. The van der Waals surface area contributed by atoms with Crippen molar-refractivity contribution in [2.45, 2.75) is 78.1 Å². The third-order valence-electron chi connectivity index (χ3n) is 3.09. The van der Waals surface area contributed by atoms with Crippen molar-refractivity contribution in [1.82, 2.24) is 0 Å². The molecular formula is C16H31O2P. The molecule has 0 aliphatic heterocycles. The molecular weight excluding hydrogens is 255 g/mol. The second kappa shape index (κ2) is 12.7. The van der Waals surface area contributed by atoms with E-state index in [0.29, 0.717) is 0 Å². The number of unbranched alkanes of at least 4 members (excludes halogenated alkanes) is 8. The maximum absolute atomic E-state index is 11.8. The van der Waals surface area contributed by atoms with E-state index in [1.807, 2.05) is 12.2 Å². The summed E-state index contributed by atoms with van der Waals surface area (Å²) in [5.41, 5.74) is 0. The van der Waals surface area contributed by atoms with Crippen LogP contribution in [0.15, 0.2) is 23.8 Å². The van der Waals surface area contributed by atoms with Gasteiger partial charge >= 0.3 is 0 Å². The van der Waals surface area contributed by atoms with E-state index < -0.39 is 7.37 Å². The van der Waals surface area contributed by atoms with E-state index in [0.717, 1.165) is 25.7 Å². The Labute approximate surface area is 119 Å². The number of hydrogen-bond acceptors (Lipinski definition) is 1. The standard InChI is InChI=1S/C16H31O2P/c1-3-5-7-9-11-13-15-19(17,18)16-14-12-10-8-6-4-2/h13-16H,3-12H2,1-2H3,(H,17,18). The third kappa shape index (κ3) is 13.9. The molecule has 0 saturated heterocycles.